The van der Waals surface area contributed by atoms with Crippen LogP contribution in [0.2, 0.25) is 0 Å². The normalized spacial score (nSPS) is 12.3. The number of rotatable bonds is 9. The highest BCUT2D eigenvalue weighted by molar-refractivity contribution is 4.89. The fourth-order valence-electron chi connectivity index (χ4n) is 1.17. The molecule has 0 radical (unpaired) electrons. The first-order chi connectivity index (χ1) is 7.35. The first-order valence-corrected chi connectivity index (χ1v) is 5.89. The van der Waals surface area contributed by atoms with E-state index in [0.29, 0.717) is 13.2 Å². The van der Waals surface area contributed by atoms with Crippen LogP contribution in [-0.2, 0) is 9.47 Å². The summed E-state index contributed by atoms with van der Waals surface area (Å²) in [5.41, 5.74) is 0. The van der Waals surface area contributed by atoms with Crippen LogP contribution < -0.4 is 0 Å². The first-order valence-electron chi connectivity index (χ1n) is 5.89. The van der Waals surface area contributed by atoms with Crippen molar-refractivity contribution in [1.82, 2.24) is 0 Å². The standard InChI is InChI=1S/C13H24O2/c1-4-7-8-9-10-11-12-13(14-5-2)15-6-3/h7-8,11-13H,4-6,9-10H2,1-3H3/b8-7+,12-11-. The molecule has 0 heterocycles. The fraction of sp³-hybridized carbons (Fsp3) is 0.692. The number of hydrogen-bond acceptors (Lipinski definition) is 2. The molecule has 0 fully saturated rings. The Kier molecular flexibility index (Phi) is 11.0. The average molecular weight is 212 g/mol. The summed E-state index contributed by atoms with van der Waals surface area (Å²) in [6, 6.07) is 0. The predicted molar refractivity (Wildman–Crippen MR) is 64.8 cm³/mol. The van der Waals surface area contributed by atoms with Gasteiger partial charge < -0.3 is 9.47 Å². The molecule has 0 rings (SSSR count). The lowest BCUT2D eigenvalue weighted by molar-refractivity contribution is -0.104. The molecule has 0 aliphatic heterocycles. The van der Waals surface area contributed by atoms with Crippen LogP contribution in [-0.4, -0.2) is 19.5 Å². The Hall–Kier alpha value is -0.600. The molecule has 0 N–H and O–H groups in total. The van der Waals surface area contributed by atoms with Gasteiger partial charge in [-0.2, -0.15) is 0 Å². The van der Waals surface area contributed by atoms with Crippen molar-refractivity contribution in [3.8, 4) is 0 Å². The van der Waals surface area contributed by atoms with Gasteiger partial charge in [0, 0.05) is 13.2 Å². The first kappa shape index (κ1) is 14.4. The molecule has 0 spiro atoms. The Labute approximate surface area is 94.0 Å². The van der Waals surface area contributed by atoms with Gasteiger partial charge in [-0.1, -0.05) is 25.2 Å². The summed E-state index contributed by atoms with van der Waals surface area (Å²) in [6.07, 6.45) is 11.6. The molecule has 15 heavy (non-hydrogen) atoms. The van der Waals surface area contributed by atoms with E-state index in [1.807, 2.05) is 19.9 Å². The fourth-order valence-corrected chi connectivity index (χ4v) is 1.17. The second-order valence-corrected chi connectivity index (χ2v) is 3.16. The van der Waals surface area contributed by atoms with Crippen molar-refractivity contribution in [3.63, 3.8) is 0 Å². The maximum Gasteiger partial charge on any atom is 0.176 e. The van der Waals surface area contributed by atoms with Gasteiger partial charge in [0.2, 0.25) is 0 Å². The molecular weight excluding hydrogens is 188 g/mol. The predicted octanol–water partition coefficient (Wildman–Crippen LogP) is 3.69. The van der Waals surface area contributed by atoms with E-state index in [-0.39, 0.29) is 6.29 Å². The summed E-state index contributed by atoms with van der Waals surface area (Å²) in [5.74, 6) is 0. The lowest BCUT2D eigenvalue weighted by Gasteiger charge is -2.12. The molecule has 88 valence electrons. The Morgan fingerprint density at radius 2 is 1.47 bits per heavy atom. The van der Waals surface area contributed by atoms with Crippen LogP contribution >= 0.6 is 0 Å². The van der Waals surface area contributed by atoms with Crippen molar-refractivity contribution in [3.05, 3.63) is 24.3 Å². The molecule has 0 aromatic heterocycles. The van der Waals surface area contributed by atoms with Crippen molar-refractivity contribution in [2.24, 2.45) is 0 Å². The van der Waals surface area contributed by atoms with Gasteiger partial charge in [0.15, 0.2) is 6.29 Å². The van der Waals surface area contributed by atoms with E-state index in [1.54, 1.807) is 0 Å². The van der Waals surface area contributed by atoms with Crippen LogP contribution in [0.3, 0.4) is 0 Å². The second kappa shape index (κ2) is 11.5. The number of allylic oxidation sites excluding steroid dienone is 3. The van der Waals surface area contributed by atoms with Gasteiger partial charge in [-0.05, 0) is 39.2 Å². The third-order valence-electron chi connectivity index (χ3n) is 1.86. The Morgan fingerprint density at radius 1 is 0.867 bits per heavy atom. The molecule has 0 amide bonds. The van der Waals surface area contributed by atoms with Gasteiger partial charge in [-0.15, -0.1) is 0 Å². The van der Waals surface area contributed by atoms with Gasteiger partial charge in [-0.3, -0.25) is 0 Å². The number of ether oxygens (including phenoxy) is 2. The number of unbranched alkanes of at least 4 members (excludes halogenated alkanes) is 1. The van der Waals surface area contributed by atoms with Crippen LogP contribution in [0.4, 0.5) is 0 Å². The minimum atomic E-state index is -0.171. The van der Waals surface area contributed by atoms with E-state index in [1.165, 1.54) is 0 Å². The van der Waals surface area contributed by atoms with Gasteiger partial charge in [0.1, 0.15) is 0 Å². The quantitative estimate of drug-likeness (QED) is 0.330. The maximum absolute atomic E-state index is 5.38. The minimum absolute atomic E-state index is 0.171. The van der Waals surface area contributed by atoms with E-state index in [0.717, 1.165) is 19.3 Å². The smallest absolute Gasteiger partial charge is 0.176 e. The summed E-state index contributed by atoms with van der Waals surface area (Å²) in [7, 11) is 0. The lowest BCUT2D eigenvalue weighted by atomic mass is 10.2. The topological polar surface area (TPSA) is 18.5 Å². The van der Waals surface area contributed by atoms with E-state index >= 15 is 0 Å². The Bertz CT molecular complexity index is 167. The molecule has 0 aliphatic rings. The highest BCUT2D eigenvalue weighted by Crippen LogP contribution is 2.00. The van der Waals surface area contributed by atoms with Crippen molar-refractivity contribution in [1.29, 1.82) is 0 Å². The Morgan fingerprint density at radius 3 is 2.00 bits per heavy atom. The van der Waals surface area contributed by atoms with E-state index in [9.17, 15) is 0 Å². The monoisotopic (exact) mass is 212 g/mol. The molecule has 0 aliphatic carbocycles. The molecule has 0 bridgehead atoms. The van der Waals surface area contributed by atoms with Crippen molar-refractivity contribution in [2.75, 3.05) is 13.2 Å². The average Bonchev–Trinajstić information content (AvgIpc) is 2.24. The zero-order valence-corrected chi connectivity index (χ0v) is 10.2. The van der Waals surface area contributed by atoms with Gasteiger partial charge in [0.25, 0.3) is 0 Å². The lowest BCUT2D eigenvalue weighted by Crippen LogP contribution is -2.13. The van der Waals surface area contributed by atoms with Crippen LogP contribution in [0.25, 0.3) is 0 Å². The summed E-state index contributed by atoms with van der Waals surface area (Å²) >= 11 is 0. The van der Waals surface area contributed by atoms with Crippen LogP contribution in [0.1, 0.15) is 40.0 Å². The van der Waals surface area contributed by atoms with Gasteiger partial charge in [-0.25, -0.2) is 0 Å². The molecule has 0 saturated carbocycles. The molecule has 0 aromatic carbocycles. The zero-order chi connectivity index (χ0) is 11.4. The van der Waals surface area contributed by atoms with E-state index in [4.69, 9.17) is 9.47 Å². The number of hydrogen-bond donors (Lipinski definition) is 0. The van der Waals surface area contributed by atoms with Crippen LogP contribution in [0, 0.1) is 0 Å². The molecule has 0 saturated heterocycles. The molecular formula is C13H24O2. The molecule has 2 heteroatoms. The third kappa shape index (κ3) is 9.70. The van der Waals surface area contributed by atoms with Crippen molar-refractivity contribution >= 4 is 0 Å². The summed E-state index contributed by atoms with van der Waals surface area (Å²) in [4.78, 5) is 0. The maximum atomic E-state index is 5.38. The van der Waals surface area contributed by atoms with E-state index in [2.05, 4.69) is 25.2 Å². The van der Waals surface area contributed by atoms with Crippen molar-refractivity contribution < 1.29 is 9.47 Å². The molecule has 0 unspecified atom stereocenters. The second-order valence-electron chi connectivity index (χ2n) is 3.16. The zero-order valence-electron chi connectivity index (χ0n) is 10.2. The third-order valence-corrected chi connectivity index (χ3v) is 1.86. The summed E-state index contributed by atoms with van der Waals surface area (Å²) in [5, 5.41) is 0. The Balaban J connectivity index is 3.64. The van der Waals surface area contributed by atoms with Crippen molar-refractivity contribution in [2.45, 2.75) is 46.3 Å². The molecule has 2 nitrogen and oxygen atoms in total. The summed E-state index contributed by atoms with van der Waals surface area (Å²) in [6.45, 7) is 7.47. The van der Waals surface area contributed by atoms with Gasteiger partial charge in [0.05, 0.1) is 0 Å². The largest absolute Gasteiger partial charge is 0.349 e. The van der Waals surface area contributed by atoms with Gasteiger partial charge >= 0.3 is 0 Å². The molecule has 0 aromatic rings. The highest BCUT2D eigenvalue weighted by Gasteiger charge is 2.00. The molecule has 0 atom stereocenters. The van der Waals surface area contributed by atoms with E-state index < -0.39 is 0 Å². The summed E-state index contributed by atoms with van der Waals surface area (Å²) < 4.78 is 10.8. The highest BCUT2D eigenvalue weighted by atomic mass is 16.7. The van der Waals surface area contributed by atoms with Crippen LogP contribution in [0.15, 0.2) is 24.3 Å². The van der Waals surface area contributed by atoms with Crippen LogP contribution in [0.5, 0.6) is 0 Å². The SMILES string of the molecule is CC/C=C/CC/C=C\C(OCC)OCC. The minimum Gasteiger partial charge on any atom is -0.349 e.